The molecule has 0 aliphatic heterocycles. The van der Waals surface area contributed by atoms with Crippen molar-refractivity contribution in [1.82, 2.24) is 0 Å². The van der Waals surface area contributed by atoms with Crippen LogP contribution in [0.25, 0.3) is 0 Å². The van der Waals surface area contributed by atoms with E-state index in [4.69, 9.17) is 16.9 Å². The third-order valence-electron chi connectivity index (χ3n) is 1.93. The smallest absolute Gasteiger partial charge is 0.124 e. The molecule has 0 radical (unpaired) electrons. The Morgan fingerprint density at radius 2 is 2.36 bits per heavy atom. The molecule has 1 aromatic carbocycles. The van der Waals surface area contributed by atoms with Crippen LogP contribution in [0.4, 0.5) is 0 Å². The lowest BCUT2D eigenvalue weighted by Crippen LogP contribution is -2.10. The summed E-state index contributed by atoms with van der Waals surface area (Å²) in [5, 5.41) is 0. The first-order valence-electron chi connectivity index (χ1n) is 4.21. The fourth-order valence-electron chi connectivity index (χ4n) is 1.23. The standard InChI is InChI=1S/C11H12BrNO/c1-3-4-10(13)9-6-5-8(12)7-11(9)14-2/h1,5-7,10H,4,13H2,2H3. The molecule has 1 unspecified atom stereocenters. The third kappa shape index (κ3) is 2.50. The molecule has 0 saturated carbocycles. The van der Waals surface area contributed by atoms with Gasteiger partial charge < -0.3 is 10.5 Å². The molecule has 0 spiro atoms. The number of methoxy groups -OCH3 is 1. The molecular weight excluding hydrogens is 242 g/mol. The fraction of sp³-hybridized carbons (Fsp3) is 0.273. The molecule has 2 N–H and O–H groups in total. The molecule has 0 aliphatic carbocycles. The Labute approximate surface area is 92.6 Å². The highest BCUT2D eigenvalue weighted by Crippen LogP contribution is 2.28. The molecule has 0 fully saturated rings. The number of halogens is 1. The summed E-state index contributed by atoms with van der Waals surface area (Å²) in [6.07, 6.45) is 5.72. The molecule has 74 valence electrons. The van der Waals surface area contributed by atoms with Crippen molar-refractivity contribution in [3.63, 3.8) is 0 Å². The van der Waals surface area contributed by atoms with Crippen molar-refractivity contribution in [2.24, 2.45) is 5.73 Å². The van der Waals surface area contributed by atoms with Crippen LogP contribution in [0.2, 0.25) is 0 Å². The number of benzene rings is 1. The highest BCUT2D eigenvalue weighted by atomic mass is 79.9. The first-order valence-corrected chi connectivity index (χ1v) is 5.00. The molecular formula is C11H12BrNO. The summed E-state index contributed by atoms with van der Waals surface area (Å²) in [4.78, 5) is 0. The van der Waals surface area contributed by atoms with E-state index in [1.807, 2.05) is 18.2 Å². The Bertz CT molecular complexity index is 357. The van der Waals surface area contributed by atoms with E-state index in [2.05, 4.69) is 21.9 Å². The van der Waals surface area contributed by atoms with E-state index >= 15 is 0 Å². The first-order chi connectivity index (χ1) is 6.69. The van der Waals surface area contributed by atoms with Crippen LogP contribution in [0.1, 0.15) is 18.0 Å². The van der Waals surface area contributed by atoms with Gasteiger partial charge in [0.05, 0.1) is 7.11 Å². The van der Waals surface area contributed by atoms with Gasteiger partial charge in [-0.2, -0.15) is 0 Å². The van der Waals surface area contributed by atoms with E-state index in [-0.39, 0.29) is 6.04 Å². The van der Waals surface area contributed by atoms with Crippen LogP contribution in [0.3, 0.4) is 0 Å². The minimum absolute atomic E-state index is 0.164. The van der Waals surface area contributed by atoms with Crippen LogP contribution in [0.5, 0.6) is 5.75 Å². The maximum Gasteiger partial charge on any atom is 0.124 e. The second-order valence-electron chi connectivity index (χ2n) is 2.90. The monoisotopic (exact) mass is 253 g/mol. The molecule has 0 aromatic heterocycles. The van der Waals surface area contributed by atoms with Crippen molar-refractivity contribution >= 4 is 15.9 Å². The molecule has 1 rings (SSSR count). The van der Waals surface area contributed by atoms with Gasteiger partial charge in [0.25, 0.3) is 0 Å². The van der Waals surface area contributed by atoms with Crippen molar-refractivity contribution in [2.45, 2.75) is 12.5 Å². The Morgan fingerprint density at radius 1 is 1.64 bits per heavy atom. The zero-order valence-corrected chi connectivity index (χ0v) is 9.54. The van der Waals surface area contributed by atoms with Crippen molar-refractivity contribution in [3.8, 4) is 18.1 Å². The summed E-state index contributed by atoms with van der Waals surface area (Å²) in [6, 6.07) is 5.56. The molecule has 1 aromatic rings. The minimum atomic E-state index is -0.164. The quantitative estimate of drug-likeness (QED) is 0.841. The summed E-state index contributed by atoms with van der Waals surface area (Å²) >= 11 is 3.36. The summed E-state index contributed by atoms with van der Waals surface area (Å²) < 4.78 is 6.18. The van der Waals surface area contributed by atoms with Crippen LogP contribution in [0.15, 0.2) is 22.7 Å². The number of hydrogen-bond donors (Lipinski definition) is 1. The lowest BCUT2D eigenvalue weighted by Gasteiger charge is -2.13. The largest absolute Gasteiger partial charge is 0.496 e. The van der Waals surface area contributed by atoms with Gasteiger partial charge >= 0.3 is 0 Å². The number of terminal acetylenes is 1. The summed E-state index contributed by atoms with van der Waals surface area (Å²) in [5.41, 5.74) is 6.83. The second-order valence-corrected chi connectivity index (χ2v) is 3.82. The lowest BCUT2D eigenvalue weighted by molar-refractivity contribution is 0.405. The minimum Gasteiger partial charge on any atom is -0.496 e. The maximum atomic E-state index is 5.89. The average Bonchev–Trinajstić information content (AvgIpc) is 2.17. The highest BCUT2D eigenvalue weighted by Gasteiger charge is 2.10. The van der Waals surface area contributed by atoms with Gasteiger partial charge in [0.1, 0.15) is 5.75 Å². The van der Waals surface area contributed by atoms with Gasteiger partial charge in [-0.1, -0.05) is 22.0 Å². The van der Waals surface area contributed by atoms with E-state index in [0.29, 0.717) is 6.42 Å². The van der Waals surface area contributed by atoms with Gasteiger partial charge in [-0.25, -0.2) is 0 Å². The maximum absolute atomic E-state index is 5.89. The zero-order valence-electron chi connectivity index (χ0n) is 7.96. The topological polar surface area (TPSA) is 35.2 Å². The first kappa shape index (κ1) is 11.1. The molecule has 0 heterocycles. The number of hydrogen-bond acceptors (Lipinski definition) is 2. The summed E-state index contributed by atoms with van der Waals surface area (Å²) in [5.74, 6) is 3.31. The Hall–Kier alpha value is -0.980. The van der Waals surface area contributed by atoms with Crippen LogP contribution in [-0.4, -0.2) is 7.11 Å². The zero-order chi connectivity index (χ0) is 10.6. The Morgan fingerprint density at radius 3 is 2.93 bits per heavy atom. The lowest BCUT2D eigenvalue weighted by atomic mass is 10.0. The molecule has 1 atom stereocenters. The van der Waals surface area contributed by atoms with Crippen molar-refractivity contribution in [3.05, 3.63) is 28.2 Å². The van der Waals surface area contributed by atoms with Gasteiger partial charge in [0.15, 0.2) is 0 Å². The molecule has 0 aliphatic rings. The van der Waals surface area contributed by atoms with Gasteiger partial charge in [0.2, 0.25) is 0 Å². The number of nitrogens with two attached hydrogens (primary N) is 1. The molecule has 0 saturated heterocycles. The van der Waals surface area contributed by atoms with Gasteiger partial charge in [0, 0.05) is 22.5 Å². The normalized spacial score (nSPS) is 11.9. The van der Waals surface area contributed by atoms with Crippen molar-refractivity contribution < 1.29 is 4.74 Å². The van der Waals surface area contributed by atoms with Gasteiger partial charge in [-0.05, 0) is 12.1 Å². The molecule has 0 bridgehead atoms. The average molecular weight is 254 g/mol. The van der Waals surface area contributed by atoms with E-state index in [9.17, 15) is 0 Å². The van der Waals surface area contributed by atoms with Crippen LogP contribution < -0.4 is 10.5 Å². The predicted octanol–water partition coefficient (Wildman–Crippen LogP) is 2.48. The third-order valence-corrected chi connectivity index (χ3v) is 2.43. The Kier molecular flexibility index (Phi) is 3.99. The van der Waals surface area contributed by atoms with Gasteiger partial charge in [-0.3, -0.25) is 0 Å². The highest BCUT2D eigenvalue weighted by molar-refractivity contribution is 9.10. The van der Waals surface area contributed by atoms with E-state index in [1.165, 1.54) is 0 Å². The number of rotatable bonds is 3. The van der Waals surface area contributed by atoms with Gasteiger partial charge in [-0.15, -0.1) is 12.3 Å². The summed E-state index contributed by atoms with van der Waals surface area (Å²) in [7, 11) is 1.62. The summed E-state index contributed by atoms with van der Waals surface area (Å²) in [6.45, 7) is 0. The number of ether oxygens (including phenoxy) is 1. The Balaban J connectivity index is 3.02. The second kappa shape index (κ2) is 5.04. The van der Waals surface area contributed by atoms with Crippen LogP contribution in [-0.2, 0) is 0 Å². The SMILES string of the molecule is C#CCC(N)c1ccc(Br)cc1OC. The molecule has 0 amide bonds. The van der Waals surface area contributed by atoms with E-state index < -0.39 is 0 Å². The molecule has 3 heteroatoms. The molecule has 14 heavy (non-hydrogen) atoms. The molecule has 2 nitrogen and oxygen atoms in total. The van der Waals surface area contributed by atoms with Crippen molar-refractivity contribution in [2.75, 3.05) is 7.11 Å². The fourth-order valence-corrected chi connectivity index (χ4v) is 1.57. The predicted molar refractivity (Wildman–Crippen MR) is 61.1 cm³/mol. The van der Waals surface area contributed by atoms with Crippen LogP contribution >= 0.6 is 15.9 Å². The van der Waals surface area contributed by atoms with Crippen LogP contribution in [0, 0.1) is 12.3 Å². The van der Waals surface area contributed by atoms with E-state index in [0.717, 1.165) is 15.8 Å². The van der Waals surface area contributed by atoms with Crippen molar-refractivity contribution in [1.29, 1.82) is 0 Å². The van der Waals surface area contributed by atoms with E-state index in [1.54, 1.807) is 7.11 Å².